The van der Waals surface area contributed by atoms with Crippen molar-refractivity contribution in [3.63, 3.8) is 0 Å². The highest BCUT2D eigenvalue weighted by Gasteiger charge is 2.36. The third kappa shape index (κ3) is 1.63. The lowest BCUT2D eigenvalue weighted by Crippen LogP contribution is -2.61. The number of unbranched alkanes of at least 4 members (excludes halogenated alkanes) is 1. The maximum atomic E-state index is 5.89. The van der Waals surface area contributed by atoms with Crippen LogP contribution in [-0.4, -0.2) is 11.8 Å². The summed E-state index contributed by atoms with van der Waals surface area (Å²) in [6.07, 6.45) is 2.28. The Morgan fingerprint density at radius 2 is 2.28 bits per heavy atom. The standard InChI is InChI=1S/C13H17N4O/c1-2-3-8-16-9-10-6-4-5-7-11(10)12-13(14)18-15-17(12)16/h4-7H,2-3,8-9,14H2,1H3/q+1. The van der Waals surface area contributed by atoms with Gasteiger partial charge in [0.05, 0.1) is 16.9 Å². The van der Waals surface area contributed by atoms with Crippen molar-refractivity contribution in [3.05, 3.63) is 29.8 Å². The Morgan fingerprint density at radius 1 is 1.44 bits per heavy atom. The van der Waals surface area contributed by atoms with Crippen molar-refractivity contribution in [2.75, 3.05) is 17.3 Å². The lowest BCUT2D eigenvalue weighted by Gasteiger charge is -2.20. The molecule has 1 aromatic carbocycles. The number of aromatic nitrogens is 2. The first kappa shape index (κ1) is 11.1. The zero-order valence-corrected chi connectivity index (χ0v) is 10.5. The molecule has 0 saturated carbocycles. The average Bonchev–Trinajstić information content (AvgIpc) is 2.79. The summed E-state index contributed by atoms with van der Waals surface area (Å²) in [5.41, 5.74) is 9.14. The van der Waals surface area contributed by atoms with E-state index in [-0.39, 0.29) is 0 Å². The van der Waals surface area contributed by atoms with Gasteiger partial charge in [0, 0.05) is 0 Å². The van der Waals surface area contributed by atoms with Crippen LogP contribution >= 0.6 is 0 Å². The topological polar surface area (TPSA) is 59.2 Å². The van der Waals surface area contributed by atoms with Gasteiger partial charge in [-0.2, -0.15) is 0 Å². The lowest BCUT2D eigenvalue weighted by atomic mass is 10.0. The molecule has 0 fully saturated rings. The number of nitrogen functional groups attached to an aromatic ring is 1. The summed E-state index contributed by atoms with van der Waals surface area (Å²) in [5, 5.41) is 6.20. The van der Waals surface area contributed by atoms with Crippen LogP contribution in [0.1, 0.15) is 25.3 Å². The zero-order chi connectivity index (χ0) is 12.5. The predicted octanol–water partition coefficient (Wildman–Crippen LogP) is 1.46. The molecule has 0 unspecified atom stereocenters. The van der Waals surface area contributed by atoms with Crippen LogP contribution in [0.2, 0.25) is 0 Å². The summed E-state index contributed by atoms with van der Waals surface area (Å²) in [4.78, 5) is 1.80. The van der Waals surface area contributed by atoms with Crippen LogP contribution in [-0.2, 0) is 6.54 Å². The van der Waals surface area contributed by atoms with Crippen molar-refractivity contribution in [1.29, 1.82) is 0 Å². The molecule has 0 amide bonds. The van der Waals surface area contributed by atoms with E-state index in [1.165, 1.54) is 5.56 Å². The van der Waals surface area contributed by atoms with Crippen molar-refractivity contribution >= 4 is 5.88 Å². The molecule has 3 rings (SSSR count). The molecule has 18 heavy (non-hydrogen) atoms. The van der Waals surface area contributed by atoms with E-state index in [1.54, 1.807) is 4.79 Å². The monoisotopic (exact) mass is 245 g/mol. The third-order valence-corrected chi connectivity index (χ3v) is 3.31. The highest BCUT2D eigenvalue weighted by molar-refractivity contribution is 5.69. The first-order valence-electron chi connectivity index (χ1n) is 6.32. The first-order chi connectivity index (χ1) is 8.81. The summed E-state index contributed by atoms with van der Waals surface area (Å²) in [7, 11) is 0. The molecular formula is C13H17N4O+. The number of nitrogens with zero attached hydrogens (tertiary/aromatic N) is 3. The number of hydrogen-bond donors (Lipinski definition) is 1. The highest BCUT2D eigenvalue weighted by Crippen LogP contribution is 2.29. The molecule has 2 heterocycles. The summed E-state index contributed by atoms with van der Waals surface area (Å²) in [6.45, 7) is 3.98. The summed E-state index contributed by atoms with van der Waals surface area (Å²) in [6, 6.07) is 8.25. The van der Waals surface area contributed by atoms with Gasteiger partial charge in [-0.15, -0.1) is 5.01 Å². The Balaban J connectivity index is 2.07. The number of nitrogens with two attached hydrogens (primary N) is 1. The average molecular weight is 245 g/mol. The predicted molar refractivity (Wildman–Crippen MR) is 68.2 cm³/mol. The Morgan fingerprint density at radius 3 is 3.11 bits per heavy atom. The molecule has 0 atom stereocenters. The molecule has 0 bridgehead atoms. The van der Waals surface area contributed by atoms with E-state index in [0.29, 0.717) is 5.88 Å². The largest absolute Gasteiger partial charge is 0.362 e. The minimum Gasteiger partial charge on any atom is -0.362 e. The Kier molecular flexibility index (Phi) is 2.66. The molecule has 1 aliphatic heterocycles. The van der Waals surface area contributed by atoms with Crippen molar-refractivity contribution in [1.82, 2.24) is 5.27 Å². The molecule has 5 nitrogen and oxygen atoms in total. The van der Waals surface area contributed by atoms with E-state index in [2.05, 4.69) is 35.4 Å². The normalized spacial score (nSPS) is 13.3. The van der Waals surface area contributed by atoms with E-state index in [9.17, 15) is 0 Å². The van der Waals surface area contributed by atoms with Crippen molar-refractivity contribution in [2.45, 2.75) is 26.3 Å². The van der Waals surface area contributed by atoms with E-state index in [1.807, 2.05) is 6.07 Å². The van der Waals surface area contributed by atoms with Crippen molar-refractivity contribution < 1.29 is 9.31 Å². The molecule has 1 aromatic heterocycles. The number of fused-ring (bicyclic) bond motifs is 3. The third-order valence-electron chi connectivity index (χ3n) is 3.31. The van der Waals surface area contributed by atoms with E-state index < -0.39 is 0 Å². The molecule has 2 aromatic rings. The number of hydrogen-bond acceptors (Lipinski definition) is 4. The van der Waals surface area contributed by atoms with Crippen LogP contribution in [0.5, 0.6) is 0 Å². The van der Waals surface area contributed by atoms with E-state index in [0.717, 1.165) is 37.2 Å². The Bertz CT molecular complexity index is 564. The van der Waals surface area contributed by atoms with Gasteiger partial charge in [-0.25, -0.2) is 0 Å². The molecule has 5 heteroatoms. The fourth-order valence-corrected chi connectivity index (χ4v) is 2.37. The number of rotatable bonds is 3. The van der Waals surface area contributed by atoms with Crippen LogP contribution in [0.25, 0.3) is 11.3 Å². The maximum Gasteiger partial charge on any atom is 0.338 e. The summed E-state index contributed by atoms with van der Waals surface area (Å²) >= 11 is 0. The van der Waals surface area contributed by atoms with Gasteiger partial charge >= 0.3 is 11.6 Å². The molecule has 2 N–H and O–H groups in total. The number of anilines is 1. The quantitative estimate of drug-likeness (QED) is 0.832. The van der Waals surface area contributed by atoms with Gasteiger partial charge in [0.2, 0.25) is 5.27 Å². The Hall–Kier alpha value is -2.04. The van der Waals surface area contributed by atoms with Crippen LogP contribution < -0.4 is 15.5 Å². The number of benzene rings is 1. The molecule has 0 aliphatic carbocycles. The first-order valence-corrected chi connectivity index (χ1v) is 6.32. The zero-order valence-electron chi connectivity index (χ0n) is 10.5. The second-order valence-corrected chi connectivity index (χ2v) is 4.57. The van der Waals surface area contributed by atoms with Crippen molar-refractivity contribution in [2.24, 2.45) is 0 Å². The molecule has 0 saturated heterocycles. The van der Waals surface area contributed by atoms with Gasteiger partial charge < -0.3 is 5.73 Å². The fraction of sp³-hybridized carbons (Fsp3) is 0.385. The fourth-order valence-electron chi connectivity index (χ4n) is 2.37. The van der Waals surface area contributed by atoms with E-state index in [4.69, 9.17) is 10.3 Å². The highest BCUT2D eigenvalue weighted by atomic mass is 16.5. The minimum atomic E-state index is 0.378. The smallest absolute Gasteiger partial charge is 0.338 e. The molecular weight excluding hydrogens is 228 g/mol. The SMILES string of the molecule is CCCCN1Cc2ccccc2-c2c(N)on[n+]21. The lowest BCUT2D eigenvalue weighted by molar-refractivity contribution is -0.752. The van der Waals surface area contributed by atoms with Crippen LogP contribution in [0.15, 0.2) is 28.8 Å². The molecule has 0 spiro atoms. The maximum absolute atomic E-state index is 5.89. The second-order valence-electron chi connectivity index (χ2n) is 4.57. The van der Waals surface area contributed by atoms with Crippen molar-refractivity contribution in [3.8, 4) is 11.3 Å². The molecule has 1 aliphatic rings. The minimum absolute atomic E-state index is 0.378. The van der Waals surface area contributed by atoms with Gasteiger partial charge in [-0.3, -0.25) is 4.52 Å². The second kappa shape index (κ2) is 4.33. The van der Waals surface area contributed by atoms with Gasteiger partial charge in [-0.05, 0) is 18.1 Å². The molecule has 94 valence electrons. The molecule has 0 radical (unpaired) electrons. The summed E-state index contributed by atoms with van der Waals surface area (Å²) < 4.78 is 5.13. The van der Waals surface area contributed by atoms with Gasteiger partial charge in [-0.1, -0.05) is 31.5 Å². The summed E-state index contributed by atoms with van der Waals surface area (Å²) in [5.74, 6) is 0.378. The Labute approximate surface area is 106 Å². The van der Waals surface area contributed by atoms with Gasteiger partial charge in [0.1, 0.15) is 6.54 Å². The van der Waals surface area contributed by atoms with Crippen LogP contribution in [0.4, 0.5) is 5.88 Å². The van der Waals surface area contributed by atoms with Gasteiger partial charge in [0.15, 0.2) is 0 Å². The van der Waals surface area contributed by atoms with Crippen LogP contribution in [0, 0.1) is 0 Å². The van der Waals surface area contributed by atoms with E-state index >= 15 is 0 Å². The van der Waals surface area contributed by atoms with Crippen LogP contribution in [0.3, 0.4) is 0 Å². The van der Waals surface area contributed by atoms with Gasteiger partial charge in [0.25, 0.3) is 0 Å².